The maximum atomic E-state index is 10.1. The molecule has 11 heavy (non-hydrogen) atoms. The van der Waals surface area contributed by atoms with Crippen molar-refractivity contribution in [3.05, 3.63) is 0 Å². The molecular weight excluding hydrogens is 504 g/mol. The van der Waals surface area contributed by atoms with Crippen LogP contribution in [-0.2, 0) is 15.5 Å². The zero-order chi connectivity index (χ0) is 9.28. The molecule has 0 amide bonds. The van der Waals surface area contributed by atoms with E-state index in [0.717, 1.165) is 0 Å². The van der Waals surface area contributed by atoms with Crippen LogP contribution in [0.5, 0.6) is 0 Å². The molecule has 0 saturated heterocycles. The van der Waals surface area contributed by atoms with E-state index in [9.17, 15) is 8.76 Å². The smallest absolute Gasteiger partial charge is 0.227 e. The van der Waals surface area contributed by atoms with E-state index in [1.54, 1.807) is 0 Å². The molecule has 9 heteroatoms. The van der Waals surface area contributed by atoms with Crippen LogP contribution in [-0.4, -0.2) is 14.3 Å². The molecule has 0 aromatic rings. The summed E-state index contributed by atoms with van der Waals surface area (Å²) in [5, 5.41) is 0. The zero-order valence-corrected chi connectivity index (χ0v) is 13.3. The van der Waals surface area contributed by atoms with Crippen molar-refractivity contribution in [2.24, 2.45) is 0 Å². The molecular formula is C2Br5O3S-. The Bertz CT molecular complexity index is 164. The van der Waals surface area contributed by atoms with Crippen LogP contribution in [0.15, 0.2) is 0 Å². The summed E-state index contributed by atoms with van der Waals surface area (Å²) in [6.45, 7) is 0. The van der Waals surface area contributed by atoms with Gasteiger partial charge in [0.05, 0.1) is 11.4 Å². The molecule has 0 rings (SSSR count). The van der Waals surface area contributed by atoms with Crippen molar-refractivity contribution < 1.29 is 12.9 Å². The Morgan fingerprint density at radius 2 is 1.55 bits per heavy atom. The van der Waals surface area contributed by atoms with Gasteiger partial charge in [0.1, 0.15) is 0 Å². The monoisotopic (exact) mass is 499 g/mol. The summed E-state index contributed by atoms with van der Waals surface area (Å²) < 4.78 is 22.5. The van der Waals surface area contributed by atoms with E-state index in [-0.39, 0.29) is 0 Å². The van der Waals surface area contributed by atoms with Gasteiger partial charge in [0.2, 0.25) is 3.42 Å². The fraction of sp³-hybridized carbons (Fsp3) is 1.00. The van der Waals surface area contributed by atoms with Crippen LogP contribution in [0.3, 0.4) is 0 Å². The molecule has 0 spiro atoms. The summed E-state index contributed by atoms with van der Waals surface area (Å²) in [5.74, 6) is 0. The van der Waals surface area contributed by atoms with Gasteiger partial charge in [0.25, 0.3) is 0 Å². The lowest BCUT2D eigenvalue weighted by Gasteiger charge is -2.29. The first kappa shape index (κ1) is 13.5. The van der Waals surface area contributed by atoms with Gasteiger partial charge in [-0.3, -0.25) is 4.18 Å². The summed E-state index contributed by atoms with van der Waals surface area (Å²) in [7, 11) is 0. The highest BCUT2D eigenvalue weighted by Gasteiger charge is 2.45. The predicted molar refractivity (Wildman–Crippen MR) is 60.1 cm³/mol. The van der Waals surface area contributed by atoms with Crippen molar-refractivity contribution in [3.63, 3.8) is 0 Å². The molecule has 0 bridgehead atoms. The summed E-state index contributed by atoms with van der Waals surface area (Å²) in [6.07, 6.45) is 0. The third kappa shape index (κ3) is 5.04. The lowest BCUT2D eigenvalue weighted by Crippen LogP contribution is -2.32. The molecule has 0 heterocycles. The SMILES string of the molecule is O=S([O-])OC(Br)(Br)C(Br)(Br)Br. The second kappa shape index (κ2) is 4.81. The number of rotatable bonds is 2. The quantitative estimate of drug-likeness (QED) is 0.430. The number of halogens is 5. The maximum absolute atomic E-state index is 10.1. The molecule has 1 unspecified atom stereocenters. The van der Waals surface area contributed by atoms with Gasteiger partial charge in [-0.05, 0) is 31.9 Å². The van der Waals surface area contributed by atoms with E-state index in [1.807, 2.05) is 0 Å². The Balaban J connectivity index is 4.34. The van der Waals surface area contributed by atoms with Crippen molar-refractivity contribution in [3.8, 4) is 0 Å². The molecule has 1 atom stereocenters. The Hall–Kier alpha value is 2.47. The van der Waals surface area contributed by atoms with Crippen LogP contribution in [0.25, 0.3) is 0 Å². The van der Waals surface area contributed by atoms with E-state index in [4.69, 9.17) is 0 Å². The van der Waals surface area contributed by atoms with Gasteiger partial charge < -0.3 is 4.55 Å². The maximum Gasteiger partial charge on any atom is 0.227 e. The summed E-state index contributed by atoms with van der Waals surface area (Å²) >= 11 is 12.5. The minimum atomic E-state index is -2.62. The highest BCUT2D eigenvalue weighted by atomic mass is 80.0. The Kier molecular flexibility index (Phi) is 5.89. The molecule has 0 N–H and O–H groups in total. The van der Waals surface area contributed by atoms with Crippen LogP contribution in [0.2, 0.25) is 0 Å². The first-order valence-electron chi connectivity index (χ1n) is 1.90. The molecule has 0 aliphatic heterocycles. The lowest BCUT2D eigenvalue weighted by molar-refractivity contribution is 0.274. The molecule has 0 aliphatic carbocycles. The molecule has 0 saturated carbocycles. The minimum Gasteiger partial charge on any atom is -0.750 e. The molecule has 0 aromatic carbocycles. The Labute approximate surface area is 108 Å². The highest BCUT2D eigenvalue weighted by molar-refractivity contribution is 9.41. The van der Waals surface area contributed by atoms with Crippen molar-refractivity contribution in [2.45, 2.75) is 5.56 Å². The van der Waals surface area contributed by atoms with E-state index < -0.39 is 16.9 Å². The fourth-order valence-electron chi connectivity index (χ4n) is 0.133. The summed E-state index contributed by atoms with van der Waals surface area (Å²) in [5.41, 5.74) is 0. The predicted octanol–water partition coefficient (Wildman–Crippen LogP) is 3.08. The average molecular weight is 504 g/mol. The van der Waals surface area contributed by atoms with Crippen LogP contribution in [0.4, 0.5) is 0 Å². The minimum absolute atomic E-state index is 0.917. The number of alkyl halides is 5. The zero-order valence-electron chi connectivity index (χ0n) is 4.52. The van der Waals surface area contributed by atoms with Crippen molar-refractivity contribution in [2.75, 3.05) is 0 Å². The third-order valence-corrected chi connectivity index (χ3v) is 7.70. The van der Waals surface area contributed by atoms with Crippen LogP contribution in [0.1, 0.15) is 0 Å². The normalized spacial score (nSPS) is 16.5. The number of hydrogen-bond donors (Lipinski definition) is 0. The van der Waals surface area contributed by atoms with E-state index in [1.165, 1.54) is 0 Å². The van der Waals surface area contributed by atoms with Crippen molar-refractivity contribution in [1.29, 1.82) is 0 Å². The first-order valence-corrected chi connectivity index (χ1v) is 6.86. The Morgan fingerprint density at radius 1 is 1.18 bits per heavy atom. The van der Waals surface area contributed by atoms with E-state index in [2.05, 4.69) is 83.8 Å². The topological polar surface area (TPSA) is 49.4 Å². The van der Waals surface area contributed by atoms with Gasteiger partial charge in [-0.25, -0.2) is 4.21 Å². The molecule has 0 radical (unpaired) electrons. The van der Waals surface area contributed by atoms with Crippen LogP contribution < -0.4 is 0 Å². The van der Waals surface area contributed by atoms with Gasteiger partial charge in [0, 0.05) is 0 Å². The lowest BCUT2D eigenvalue weighted by atomic mass is 10.9. The largest absolute Gasteiger partial charge is 0.750 e. The molecule has 68 valence electrons. The van der Waals surface area contributed by atoms with Gasteiger partial charge in [-0.15, -0.1) is 0 Å². The highest BCUT2D eigenvalue weighted by Crippen LogP contribution is 2.53. The Morgan fingerprint density at radius 3 is 1.64 bits per heavy atom. The average Bonchev–Trinajstić information content (AvgIpc) is 1.56. The van der Waals surface area contributed by atoms with Gasteiger partial charge >= 0.3 is 0 Å². The van der Waals surface area contributed by atoms with Crippen molar-refractivity contribution >= 4 is 91.0 Å². The van der Waals surface area contributed by atoms with Crippen LogP contribution in [0, 0.1) is 0 Å². The van der Waals surface area contributed by atoms with Gasteiger partial charge in [0.15, 0.2) is 2.14 Å². The third-order valence-electron chi connectivity index (χ3n) is 0.503. The fourth-order valence-corrected chi connectivity index (χ4v) is 1.64. The second-order valence-electron chi connectivity index (χ2n) is 1.30. The van der Waals surface area contributed by atoms with Gasteiger partial charge in [-0.2, -0.15) is 0 Å². The molecule has 0 aliphatic rings. The van der Waals surface area contributed by atoms with E-state index in [0.29, 0.717) is 0 Å². The second-order valence-corrected chi connectivity index (χ2v) is 11.9. The van der Waals surface area contributed by atoms with Crippen molar-refractivity contribution in [1.82, 2.24) is 0 Å². The summed E-state index contributed by atoms with van der Waals surface area (Å²) in [4.78, 5) is 0. The van der Waals surface area contributed by atoms with Gasteiger partial charge in [-0.1, -0.05) is 47.8 Å². The first-order chi connectivity index (χ1) is 4.67. The molecule has 3 nitrogen and oxygen atoms in total. The number of hydrogen-bond acceptors (Lipinski definition) is 3. The van der Waals surface area contributed by atoms with E-state index >= 15 is 0 Å². The molecule has 0 fully saturated rings. The van der Waals surface area contributed by atoms with Crippen LogP contribution >= 0.6 is 79.6 Å². The summed E-state index contributed by atoms with van der Waals surface area (Å²) in [6, 6.07) is 0. The molecule has 0 aromatic heterocycles. The standard InChI is InChI=1S/C2HBr5O3S/c3-1(4,5)2(6,7)10-11(8)9/h(H,8,9)/p-1.